The highest BCUT2D eigenvalue weighted by Crippen LogP contribution is 2.49. The maximum atomic E-state index is 3.87. The van der Waals surface area contributed by atoms with Crippen molar-refractivity contribution in [2.24, 2.45) is 29.6 Å². The summed E-state index contributed by atoms with van der Waals surface area (Å²) < 4.78 is 0. The third-order valence-corrected chi connectivity index (χ3v) is 9.20. The van der Waals surface area contributed by atoms with Crippen molar-refractivity contribution in [3.05, 3.63) is 48.0 Å². The Hall–Kier alpha value is -1.04. The van der Waals surface area contributed by atoms with E-state index in [1.165, 1.54) is 76.2 Å². The molecule has 1 aromatic rings. The van der Waals surface area contributed by atoms with Crippen LogP contribution in [0.3, 0.4) is 0 Å². The van der Waals surface area contributed by atoms with E-state index in [9.17, 15) is 0 Å². The molecule has 0 spiro atoms. The molecule has 0 N–H and O–H groups in total. The minimum Gasteiger partial charge on any atom is -0.103 e. The quantitative estimate of drug-likeness (QED) is 0.377. The lowest BCUT2D eigenvalue weighted by Gasteiger charge is -2.43. The predicted molar refractivity (Wildman–Crippen MR) is 131 cm³/mol. The van der Waals surface area contributed by atoms with Gasteiger partial charge in [-0.05, 0) is 85.2 Å². The van der Waals surface area contributed by atoms with Crippen LogP contribution in [0.25, 0.3) is 0 Å². The molecule has 4 atom stereocenters. The molecule has 0 aromatic heterocycles. The first-order chi connectivity index (χ1) is 14.7. The van der Waals surface area contributed by atoms with Crippen LogP contribution in [0.4, 0.5) is 0 Å². The summed E-state index contributed by atoms with van der Waals surface area (Å²) in [5.74, 6) is 6.05. The fourth-order valence-corrected chi connectivity index (χ4v) is 7.33. The van der Waals surface area contributed by atoms with E-state index >= 15 is 0 Å². The highest BCUT2D eigenvalue weighted by Gasteiger charge is 2.36. The highest BCUT2D eigenvalue weighted by molar-refractivity contribution is 5.27. The highest BCUT2D eigenvalue weighted by atomic mass is 14.4. The lowest BCUT2D eigenvalue weighted by molar-refractivity contribution is 0.108. The Morgan fingerprint density at radius 3 is 2.03 bits per heavy atom. The number of hydrogen-bond donors (Lipinski definition) is 0. The van der Waals surface area contributed by atoms with Gasteiger partial charge in [-0.15, -0.1) is 6.58 Å². The number of fused-ring (bicyclic) bond motifs is 1. The van der Waals surface area contributed by atoms with Crippen molar-refractivity contribution >= 4 is 0 Å². The summed E-state index contributed by atoms with van der Waals surface area (Å²) in [6.07, 6.45) is 24.1. The molecule has 166 valence electrons. The van der Waals surface area contributed by atoms with Crippen LogP contribution in [0.2, 0.25) is 0 Å². The van der Waals surface area contributed by atoms with E-state index in [0.29, 0.717) is 0 Å². The maximum Gasteiger partial charge on any atom is -0.0100 e. The fraction of sp³-hybridized carbons (Fsp3) is 0.733. The molecule has 4 rings (SSSR count). The van der Waals surface area contributed by atoms with Gasteiger partial charge in [-0.2, -0.15) is 0 Å². The molecule has 0 amide bonds. The van der Waals surface area contributed by atoms with Gasteiger partial charge in [0.2, 0.25) is 0 Å². The number of rotatable bonds is 8. The summed E-state index contributed by atoms with van der Waals surface area (Å²) >= 11 is 0. The molecule has 0 saturated heterocycles. The monoisotopic (exact) mass is 406 g/mol. The maximum absolute atomic E-state index is 3.87. The summed E-state index contributed by atoms with van der Waals surface area (Å²) in [6.45, 7) is 6.23. The van der Waals surface area contributed by atoms with Crippen LogP contribution in [0.1, 0.15) is 114 Å². The second-order valence-corrected chi connectivity index (χ2v) is 11.2. The number of benzene rings is 1. The smallest absolute Gasteiger partial charge is 0.0100 e. The molecule has 0 aliphatic heterocycles. The van der Waals surface area contributed by atoms with Gasteiger partial charge in [-0.1, -0.05) is 95.1 Å². The van der Waals surface area contributed by atoms with Crippen LogP contribution in [0.5, 0.6) is 0 Å². The van der Waals surface area contributed by atoms with Crippen molar-refractivity contribution in [3.63, 3.8) is 0 Å². The molecule has 30 heavy (non-hydrogen) atoms. The lowest BCUT2D eigenvalue weighted by Crippen LogP contribution is -2.30. The Morgan fingerprint density at radius 2 is 1.33 bits per heavy atom. The molecule has 0 bridgehead atoms. The van der Waals surface area contributed by atoms with Gasteiger partial charge in [0.05, 0.1) is 0 Å². The van der Waals surface area contributed by atoms with Crippen molar-refractivity contribution in [2.75, 3.05) is 0 Å². The van der Waals surface area contributed by atoms with E-state index in [-0.39, 0.29) is 0 Å². The number of hydrogen-bond acceptors (Lipinski definition) is 0. The average molecular weight is 407 g/mol. The number of allylic oxidation sites excluding steroid dienone is 1. The lowest BCUT2D eigenvalue weighted by atomic mass is 9.63. The zero-order valence-electron chi connectivity index (χ0n) is 19.7. The molecule has 1 aromatic carbocycles. The molecular weight excluding hydrogens is 360 g/mol. The van der Waals surface area contributed by atoms with Gasteiger partial charge < -0.3 is 0 Å². The Morgan fingerprint density at radius 1 is 0.733 bits per heavy atom. The summed E-state index contributed by atoms with van der Waals surface area (Å²) in [5, 5.41) is 0. The summed E-state index contributed by atoms with van der Waals surface area (Å²) in [5.41, 5.74) is 3.00. The summed E-state index contributed by atoms with van der Waals surface area (Å²) in [6, 6.07) is 9.47. The van der Waals surface area contributed by atoms with E-state index < -0.39 is 0 Å². The first kappa shape index (κ1) is 22.2. The average Bonchev–Trinajstić information content (AvgIpc) is 2.79. The van der Waals surface area contributed by atoms with Gasteiger partial charge in [-0.3, -0.25) is 0 Å². The SMILES string of the molecule is C=CCc1ccc(C2CCC3CC(CCC4CCC(CCC)CC4)CCC3C2)cc1. The van der Waals surface area contributed by atoms with Crippen molar-refractivity contribution in [3.8, 4) is 0 Å². The molecule has 3 aliphatic carbocycles. The van der Waals surface area contributed by atoms with E-state index in [0.717, 1.165) is 41.9 Å². The molecule has 4 unspecified atom stereocenters. The van der Waals surface area contributed by atoms with E-state index in [1.54, 1.807) is 24.8 Å². The van der Waals surface area contributed by atoms with Gasteiger partial charge in [0, 0.05) is 0 Å². The van der Waals surface area contributed by atoms with Crippen LogP contribution < -0.4 is 0 Å². The Bertz CT molecular complexity index is 633. The Labute approximate surface area is 186 Å². The van der Waals surface area contributed by atoms with Gasteiger partial charge in [0.25, 0.3) is 0 Å². The van der Waals surface area contributed by atoms with Crippen LogP contribution in [-0.2, 0) is 6.42 Å². The Kier molecular flexibility index (Phi) is 8.14. The topological polar surface area (TPSA) is 0 Å². The van der Waals surface area contributed by atoms with Gasteiger partial charge in [-0.25, -0.2) is 0 Å². The fourth-order valence-electron chi connectivity index (χ4n) is 7.33. The third-order valence-electron chi connectivity index (χ3n) is 9.20. The van der Waals surface area contributed by atoms with Crippen LogP contribution >= 0.6 is 0 Å². The minimum atomic E-state index is 0.818. The second-order valence-electron chi connectivity index (χ2n) is 11.2. The largest absolute Gasteiger partial charge is 0.103 e. The van der Waals surface area contributed by atoms with Gasteiger partial charge in [0.15, 0.2) is 0 Å². The molecule has 0 heterocycles. The van der Waals surface area contributed by atoms with Crippen molar-refractivity contribution in [1.82, 2.24) is 0 Å². The first-order valence-electron chi connectivity index (χ1n) is 13.4. The second kappa shape index (κ2) is 11.0. The first-order valence-corrected chi connectivity index (χ1v) is 13.4. The molecule has 0 nitrogen and oxygen atoms in total. The zero-order valence-corrected chi connectivity index (χ0v) is 19.7. The zero-order chi connectivity index (χ0) is 20.8. The van der Waals surface area contributed by atoms with Crippen molar-refractivity contribution in [1.29, 1.82) is 0 Å². The molecule has 3 saturated carbocycles. The van der Waals surface area contributed by atoms with Crippen LogP contribution in [-0.4, -0.2) is 0 Å². The van der Waals surface area contributed by atoms with Crippen LogP contribution in [0.15, 0.2) is 36.9 Å². The molecule has 3 aliphatic rings. The molecular formula is C30H46. The van der Waals surface area contributed by atoms with Gasteiger partial charge >= 0.3 is 0 Å². The minimum absolute atomic E-state index is 0.818. The van der Waals surface area contributed by atoms with Gasteiger partial charge in [0.1, 0.15) is 0 Å². The van der Waals surface area contributed by atoms with E-state index in [2.05, 4.69) is 37.8 Å². The standard InChI is InChI=1S/C30H46/c1-3-5-23-7-9-25(10-8-23)11-12-26-15-18-30-22-29(20-19-28(30)21-26)27-16-13-24(6-4-2)14-17-27/h4,13-14,16-17,23,25-26,28-30H,2-3,5-12,15,18-22H2,1H3. The predicted octanol–water partition coefficient (Wildman–Crippen LogP) is 9.10. The molecule has 0 heteroatoms. The molecule has 3 fully saturated rings. The van der Waals surface area contributed by atoms with E-state index in [4.69, 9.17) is 0 Å². The van der Waals surface area contributed by atoms with Crippen molar-refractivity contribution in [2.45, 2.75) is 109 Å². The Balaban J connectivity index is 1.19. The van der Waals surface area contributed by atoms with Crippen LogP contribution in [0, 0.1) is 29.6 Å². The molecule has 0 radical (unpaired) electrons. The summed E-state index contributed by atoms with van der Waals surface area (Å²) in [4.78, 5) is 0. The third kappa shape index (κ3) is 5.80. The summed E-state index contributed by atoms with van der Waals surface area (Å²) in [7, 11) is 0. The van der Waals surface area contributed by atoms with Crippen molar-refractivity contribution < 1.29 is 0 Å². The van der Waals surface area contributed by atoms with E-state index in [1.807, 2.05) is 6.08 Å². The normalized spacial score (nSPS) is 34.3.